The number of aromatic nitrogens is 2. The molecule has 0 bridgehead atoms. The van der Waals surface area contributed by atoms with Crippen molar-refractivity contribution in [3.05, 3.63) is 17.5 Å². The van der Waals surface area contributed by atoms with Crippen LogP contribution in [0.3, 0.4) is 0 Å². The Labute approximate surface area is 95.2 Å². The summed E-state index contributed by atoms with van der Waals surface area (Å²) in [5.74, 6) is 0.554. The third-order valence-corrected chi connectivity index (χ3v) is 2.97. The number of hydrogen-bond acceptors (Lipinski definition) is 3. The fraction of sp³-hybridized carbons (Fsp3) is 0.636. The number of nitrogens with zero attached hydrogens (tertiary/aromatic N) is 2. The van der Waals surface area contributed by atoms with Crippen LogP contribution in [-0.2, 0) is 7.05 Å². The molecule has 1 aliphatic rings. The predicted octanol–water partition coefficient (Wildman–Crippen LogP) is 0.0678. The molecule has 1 aromatic heterocycles. The second-order valence-corrected chi connectivity index (χ2v) is 4.37. The number of carbonyl (C=O) groups excluding carboxylic acids is 1. The predicted molar refractivity (Wildman–Crippen MR) is 61.3 cm³/mol. The Morgan fingerprint density at radius 1 is 1.75 bits per heavy atom. The van der Waals surface area contributed by atoms with E-state index in [0.29, 0.717) is 11.5 Å². The van der Waals surface area contributed by atoms with Crippen molar-refractivity contribution in [2.45, 2.75) is 13.3 Å². The van der Waals surface area contributed by atoms with Crippen LogP contribution in [0.5, 0.6) is 0 Å². The Hall–Kier alpha value is -1.36. The lowest BCUT2D eigenvalue weighted by molar-refractivity contribution is 0.0947. The number of hydrogen-bond donors (Lipinski definition) is 2. The Bertz CT molecular complexity index is 379. The van der Waals surface area contributed by atoms with Crippen molar-refractivity contribution in [1.29, 1.82) is 0 Å². The molecule has 5 heteroatoms. The quantitative estimate of drug-likeness (QED) is 0.761. The van der Waals surface area contributed by atoms with E-state index in [-0.39, 0.29) is 5.91 Å². The normalized spacial score (nSPS) is 20.0. The molecule has 1 unspecified atom stereocenters. The van der Waals surface area contributed by atoms with Crippen molar-refractivity contribution in [1.82, 2.24) is 20.4 Å². The van der Waals surface area contributed by atoms with Crippen LogP contribution in [0.25, 0.3) is 0 Å². The van der Waals surface area contributed by atoms with E-state index < -0.39 is 0 Å². The zero-order valence-electron chi connectivity index (χ0n) is 9.79. The summed E-state index contributed by atoms with van der Waals surface area (Å²) in [6.45, 7) is 4.67. The number of rotatable bonds is 3. The maximum atomic E-state index is 11.9. The summed E-state index contributed by atoms with van der Waals surface area (Å²) in [7, 11) is 1.82. The molecule has 1 aromatic rings. The van der Waals surface area contributed by atoms with Crippen molar-refractivity contribution in [2.75, 3.05) is 19.6 Å². The largest absolute Gasteiger partial charge is 0.352 e. The van der Waals surface area contributed by atoms with Gasteiger partial charge in [0.05, 0.1) is 11.3 Å². The Morgan fingerprint density at radius 3 is 3.12 bits per heavy atom. The van der Waals surface area contributed by atoms with E-state index in [2.05, 4.69) is 15.7 Å². The van der Waals surface area contributed by atoms with E-state index in [1.54, 1.807) is 10.9 Å². The summed E-state index contributed by atoms with van der Waals surface area (Å²) in [5.41, 5.74) is 1.46. The van der Waals surface area contributed by atoms with E-state index in [1.165, 1.54) is 0 Å². The zero-order valence-corrected chi connectivity index (χ0v) is 9.79. The van der Waals surface area contributed by atoms with Gasteiger partial charge in [-0.15, -0.1) is 0 Å². The first-order valence-corrected chi connectivity index (χ1v) is 5.66. The molecule has 2 heterocycles. The minimum atomic E-state index is -0.0162. The molecule has 1 amide bonds. The lowest BCUT2D eigenvalue weighted by Crippen LogP contribution is -2.30. The Balaban J connectivity index is 1.90. The fourth-order valence-electron chi connectivity index (χ4n) is 2.04. The van der Waals surface area contributed by atoms with Crippen molar-refractivity contribution in [3.63, 3.8) is 0 Å². The average Bonchev–Trinajstić information content (AvgIpc) is 2.84. The molecule has 1 aliphatic heterocycles. The van der Waals surface area contributed by atoms with Gasteiger partial charge in [-0.25, -0.2) is 0 Å². The molecule has 1 atom stereocenters. The van der Waals surface area contributed by atoms with Crippen LogP contribution in [-0.4, -0.2) is 35.3 Å². The van der Waals surface area contributed by atoms with Gasteiger partial charge in [0, 0.05) is 19.8 Å². The SMILES string of the molecule is Cc1nn(C)cc1C(=O)NCC1CCNC1. The van der Waals surface area contributed by atoms with Gasteiger partial charge in [0.15, 0.2) is 0 Å². The van der Waals surface area contributed by atoms with E-state index in [9.17, 15) is 4.79 Å². The van der Waals surface area contributed by atoms with E-state index >= 15 is 0 Å². The molecule has 88 valence electrons. The molecule has 0 spiro atoms. The molecule has 0 saturated carbocycles. The first-order chi connectivity index (χ1) is 7.66. The minimum absolute atomic E-state index is 0.0162. The van der Waals surface area contributed by atoms with Crippen molar-refractivity contribution in [3.8, 4) is 0 Å². The molecule has 5 nitrogen and oxygen atoms in total. The highest BCUT2D eigenvalue weighted by Gasteiger charge is 2.17. The van der Waals surface area contributed by atoms with Crippen molar-refractivity contribution in [2.24, 2.45) is 13.0 Å². The fourth-order valence-corrected chi connectivity index (χ4v) is 2.04. The molecule has 0 radical (unpaired) electrons. The smallest absolute Gasteiger partial charge is 0.254 e. The Morgan fingerprint density at radius 2 is 2.56 bits per heavy atom. The van der Waals surface area contributed by atoms with Crippen LogP contribution >= 0.6 is 0 Å². The summed E-state index contributed by atoms with van der Waals surface area (Å²) < 4.78 is 1.67. The zero-order chi connectivity index (χ0) is 11.5. The number of nitrogens with one attached hydrogen (secondary N) is 2. The molecular formula is C11H18N4O. The van der Waals surface area contributed by atoms with Gasteiger partial charge < -0.3 is 10.6 Å². The van der Waals surface area contributed by atoms with Crippen LogP contribution < -0.4 is 10.6 Å². The van der Waals surface area contributed by atoms with Gasteiger partial charge in [-0.3, -0.25) is 9.48 Å². The van der Waals surface area contributed by atoms with E-state index in [1.807, 2.05) is 14.0 Å². The summed E-state index contributed by atoms with van der Waals surface area (Å²) in [6.07, 6.45) is 2.91. The van der Waals surface area contributed by atoms with Gasteiger partial charge >= 0.3 is 0 Å². The highest BCUT2D eigenvalue weighted by molar-refractivity contribution is 5.94. The van der Waals surface area contributed by atoms with E-state index in [0.717, 1.165) is 31.7 Å². The van der Waals surface area contributed by atoms with Crippen LogP contribution in [0, 0.1) is 12.8 Å². The van der Waals surface area contributed by atoms with Crippen LogP contribution in [0.4, 0.5) is 0 Å². The van der Waals surface area contributed by atoms with Crippen LogP contribution in [0.1, 0.15) is 22.5 Å². The lowest BCUT2D eigenvalue weighted by atomic mass is 10.1. The monoisotopic (exact) mass is 222 g/mol. The lowest BCUT2D eigenvalue weighted by Gasteiger charge is -2.09. The van der Waals surface area contributed by atoms with Crippen LogP contribution in [0.15, 0.2) is 6.20 Å². The summed E-state index contributed by atoms with van der Waals surface area (Å²) in [6, 6.07) is 0. The molecule has 2 N–H and O–H groups in total. The number of aryl methyl sites for hydroxylation is 2. The first kappa shape index (κ1) is 11.1. The highest BCUT2D eigenvalue weighted by atomic mass is 16.1. The summed E-state index contributed by atoms with van der Waals surface area (Å²) in [4.78, 5) is 11.9. The van der Waals surface area contributed by atoms with Gasteiger partial charge in [-0.2, -0.15) is 5.10 Å². The van der Waals surface area contributed by atoms with Crippen LogP contribution in [0.2, 0.25) is 0 Å². The highest BCUT2D eigenvalue weighted by Crippen LogP contribution is 2.07. The summed E-state index contributed by atoms with van der Waals surface area (Å²) >= 11 is 0. The maximum absolute atomic E-state index is 11.9. The second-order valence-electron chi connectivity index (χ2n) is 4.37. The minimum Gasteiger partial charge on any atom is -0.352 e. The van der Waals surface area contributed by atoms with Crippen molar-refractivity contribution < 1.29 is 4.79 Å². The average molecular weight is 222 g/mol. The third-order valence-electron chi connectivity index (χ3n) is 2.97. The molecule has 16 heavy (non-hydrogen) atoms. The first-order valence-electron chi connectivity index (χ1n) is 5.66. The summed E-state index contributed by atoms with van der Waals surface area (Å²) in [5, 5.41) is 10.4. The molecule has 1 saturated heterocycles. The Kier molecular flexibility index (Phi) is 3.24. The molecule has 0 aromatic carbocycles. The van der Waals surface area contributed by atoms with E-state index in [4.69, 9.17) is 0 Å². The maximum Gasteiger partial charge on any atom is 0.254 e. The number of amides is 1. The second kappa shape index (κ2) is 4.65. The molecular weight excluding hydrogens is 204 g/mol. The molecule has 0 aliphatic carbocycles. The van der Waals surface area contributed by atoms with Gasteiger partial charge in [-0.1, -0.05) is 0 Å². The van der Waals surface area contributed by atoms with Gasteiger partial charge in [-0.05, 0) is 32.4 Å². The van der Waals surface area contributed by atoms with Gasteiger partial charge in [0.25, 0.3) is 5.91 Å². The van der Waals surface area contributed by atoms with Gasteiger partial charge in [0.1, 0.15) is 0 Å². The molecule has 1 fully saturated rings. The third kappa shape index (κ3) is 2.41. The van der Waals surface area contributed by atoms with Crippen molar-refractivity contribution >= 4 is 5.91 Å². The topological polar surface area (TPSA) is 59.0 Å². The molecule has 2 rings (SSSR count). The standard InChI is InChI=1S/C11H18N4O/c1-8-10(7-15(2)14-8)11(16)13-6-9-3-4-12-5-9/h7,9,12H,3-6H2,1-2H3,(H,13,16). The number of carbonyl (C=O) groups is 1. The van der Waals surface area contributed by atoms with Gasteiger partial charge in [0.2, 0.25) is 0 Å².